The average Bonchev–Trinajstić information content (AvgIpc) is 3.23. The van der Waals surface area contributed by atoms with Crippen LogP contribution >= 0.6 is 0 Å². The van der Waals surface area contributed by atoms with Crippen molar-refractivity contribution < 1.29 is 23.5 Å². The number of amides is 2. The molecule has 3 heterocycles. The monoisotopic (exact) mass is 376 g/mol. The number of benzene rings is 1. The molecule has 0 unspecified atom stereocenters. The molecule has 27 heavy (non-hydrogen) atoms. The molecule has 0 radical (unpaired) electrons. The molecule has 6 nitrogen and oxygen atoms in total. The summed E-state index contributed by atoms with van der Waals surface area (Å²) in [6.45, 7) is 2.40. The van der Waals surface area contributed by atoms with Crippen molar-refractivity contribution in [2.24, 2.45) is 0 Å². The summed E-state index contributed by atoms with van der Waals surface area (Å²) >= 11 is 0. The van der Waals surface area contributed by atoms with Crippen molar-refractivity contribution in [2.45, 2.75) is 43.8 Å². The third-order valence-electron chi connectivity index (χ3n) is 5.70. The van der Waals surface area contributed by atoms with E-state index in [1.807, 2.05) is 0 Å². The number of piperidine rings is 1. The first kappa shape index (κ1) is 18.2. The van der Waals surface area contributed by atoms with Crippen molar-refractivity contribution in [1.82, 2.24) is 9.80 Å². The summed E-state index contributed by atoms with van der Waals surface area (Å²) in [5, 5.41) is 0. The Balaban J connectivity index is 1.35. The van der Waals surface area contributed by atoms with Crippen LogP contribution in [0.2, 0.25) is 0 Å². The van der Waals surface area contributed by atoms with E-state index < -0.39 is 5.60 Å². The lowest BCUT2D eigenvalue weighted by Crippen LogP contribution is -2.52. The summed E-state index contributed by atoms with van der Waals surface area (Å²) in [5.41, 5.74) is -0.432. The molecule has 0 aromatic heterocycles. The van der Waals surface area contributed by atoms with Gasteiger partial charge in [0.2, 0.25) is 11.8 Å². The maximum atomic E-state index is 13.8. The van der Waals surface area contributed by atoms with Crippen LogP contribution in [0.15, 0.2) is 24.3 Å². The summed E-state index contributed by atoms with van der Waals surface area (Å²) in [5.74, 6) is -0.106. The number of hydrogen-bond acceptors (Lipinski definition) is 4. The number of carbonyl (C=O) groups is 2. The molecule has 0 saturated carbocycles. The first-order chi connectivity index (χ1) is 13.0. The van der Waals surface area contributed by atoms with Crippen LogP contribution in [0.3, 0.4) is 0 Å². The van der Waals surface area contributed by atoms with E-state index in [0.29, 0.717) is 39.1 Å². The maximum Gasteiger partial charge on any atom is 0.242 e. The zero-order valence-electron chi connectivity index (χ0n) is 15.4. The standard InChI is InChI=1S/C20H25FN2O4/c21-16-5-1-2-6-17(16)27-15-11-20(26-13-15)8-4-10-23(14-20)19(25)12-22-9-3-7-18(22)24/h1-2,5-6,15H,3-4,7-14H2/t15-,20-/m1/s1. The average molecular weight is 376 g/mol. The predicted octanol–water partition coefficient (Wildman–Crippen LogP) is 1.98. The van der Waals surface area contributed by atoms with E-state index in [0.717, 1.165) is 19.3 Å². The summed E-state index contributed by atoms with van der Waals surface area (Å²) in [4.78, 5) is 27.9. The van der Waals surface area contributed by atoms with E-state index >= 15 is 0 Å². The van der Waals surface area contributed by atoms with Crippen LogP contribution in [0.5, 0.6) is 5.75 Å². The molecular formula is C20H25FN2O4. The SMILES string of the molecule is O=C1CCCN1CC(=O)N1CCC[C@@]2(C[C@@H](Oc3ccccc3F)CO2)C1. The van der Waals surface area contributed by atoms with Gasteiger partial charge in [0.1, 0.15) is 6.10 Å². The van der Waals surface area contributed by atoms with Crippen molar-refractivity contribution in [1.29, 1.82) is 0 Å². The number of carbonyl (C=O) groups excluding carboxylic acids is 2. The van der Waals surface area contributed by atoms with Gasteiger partial charge in [0.05, 0.1) is 18.8 Å². The molecule has 1 aromatic carbocycles. The molecular weight excluding hydrogens is 351 g/mol. The number of ether oxygens (including phenoxy) is 2. The number of rotatable bonds is 4. The van der Waals surface area contributed by atoms with Gasteiger partial charge in [-0.05, 0) is 31.4 Å². The van der Waals surface area contributed by atoms with Crippen molar-refractivity contribution in [3.8, 4) is 5.75 Å². The highest BCUT2D eigenvalue weighted by atomic mass is 19.1. The molecule has 2 atom stereocenters. The zero-order valence-corrected chi connectivity index (χ0v) is 15.4. The van der Waals surface area contributed by atoms with Crippen molar-refractivity contribution in [3.05, 3.63) is 30.1 Å². The normalized spacial score (nSPS) is 28.2. The molecule has 1 spiro atoms. The molecule has 3 aliphatic heterocycles. The van der Waals surface area contributed by atoms with E-state index in [4.69, 9.17) is 9.47 Å². The van der Waals surface area contributed by atoms with Crippen LogP contribution in [0.4, 0.5) is 4.39 Å². The molecule has 3 saturated heterocycles. The summed E-state index contributed by atoms with van der Waals surface area (Å²) < 4.78 is 25.7. The minimum absolute atomic E-state index is 0.0219. The lowest BCUT2D eigenvalue weighted by molar-refractivity contribution is -0.143. The Morgan fingerprint density at radius 1 is 1.30 bits per heavy atom. The molecule has 7 heteroatoms. The van der Waals surface area contributed by atoms with E-state index in [-0.39, 0.29) is 36.0 Å². The molecule has 0 aliphatic carbocycles. The maximum absolute atomic E-state index is 13.8. The van der Waals surface area contributed by atoms with Gasteiger partial charge in [0, 0.05) is 32.5 Å². The molecule has 1 aromatic rings. The second-order valence-electron chi connectivity index (χ2n) is 7.71. The van der Waals surface area contributed by atoms with Crippen LogP contribution in [-0.2, 0) is 14.3 Å². The molecule has 3 fully saturated rings. The Hall–Kier alpha value is -2.15. The number of hydrogen-bond donors (Lipinski definition) is 0. The van der Waals surface area contributed by atoms with Gasteiger partial charge in [-0.1, -0.05) is 12.1 Å². The highest BCUT2D eigenvalue weighted by Gasteiger charge is 2.45. The first-order valence-electron chi connectivity index (χ1n) is 9.65. The fourth-order valence-corrected chi connectivity index (χ4v) is 4.33. The van der Waals surface area contributed by atoms with E-state index in [9.17, 15) is 14.0 Å². The molecule has 0 bridgehead atoms. The van der Waals surface area contributed by atoms with Crippen LogP contribution in [0.25, 0.3) is 0 Å². The number of para-hydroxylation sites is 1. The smallest absolute Gasteiger partial charge is 0.242 e. The Kier molecular flexibility index (Phi) is 5.04. The van der Waals surface area contributed by atoms with E-state index in [1.54, 1.807) is 28.0 Å². The van der Waals surface area contributed by atoms with Crippen molar-refractivity contribution in [3.63, 3.8) is 0 Å². The van der Waals surface area contributed by atoms with Gasteiger partial charge in [-0.25, -0.2) is 4.39 Å². The quantitative estimate of drug-likeness (QED) is 0.806. The van der Waals surface area contributed by atoms with Crippen molar-refractivity contribution >= 4 is 11.8 Å². The number of halogens is 1. The van der Waals surface area contributed by atoms with Gasteiger partial charge in [-0.15, -0.1) is 0 Å². The highest BCUT2D eigenvalue weighted by Crippen LogP contribution is 2.36. The lowest BCUT2D eigenvalue weighted by atomic mass is 9.89. The zero-order chi connectivity index (χ0) is 18.9. The van der Waals surface area contributed by atoms with Gasteiger partial charge in [-0.2, -0.15) is 0 Å². The number of nitrogens with zero attached hydrogens (tertiary/aromatic N) is 2. The third-order valence-corrected chi connectivity index (χ3v) is 5.70. The van der Waals surface area contributed by atoms with Crippen LogP contribution < -0.4 is 4.74 Å². The summed E-state index contributed by atoms with van der Waals surface area (Å²) in [6.07, 6.45) is 3.48. The van der Waals surface area contributed by atoms with Gasteiger partial charge < -0.3 is 19.3 Å². The first-order valence-corrected chi connectivity index (χ1v) is 9.65. The highest BCUT2D eigenvalue weighted by molar-refractivity contribution is 5.86. The number of likely N-dealkylation sites (tertiary alicyclic amines) is 2. The Bertz CT molecular complexity index is 728. The molecule has 4 rings (SSSR count). The van der Waals surface area contributed by atoms with E-state index in [1.165, 1.54) is 6.07 Å². The Labute approximate surface area is 158 Å². The van der Waals surface area contributed by atoms with Gasteiger partial charge in [0.25, 0.3) is 0 Å². The largest absolute Gasteiger partial charge is 0.485 e. The predicted molar refractivity (Wildman–Crippen MR) is 95.7 cm³/mol. The topological polar surface area (TPSA) is 59.1 Å². The van der Waals surface area contributed by atoms with Gasteiger partial charge >= 0.3 is 0 Å². The summed E-state index contributed by atoms with van der Waals surface area (Å²) in [6, 6.07) is 6.36. The Morgan fingerprint density at radius 2 is 2.15 bits per heavy atom. The fraction of sp³-hybridized carbons (Fsp3) is 0.600. The second-order valence-corrected chi connectivity index (χ2v) is 7.71. The molecule has 2 amide bonds. The second kappa shape index (κ2) is 7.46. The molecule has 0 N–H and O–H groups in total. The fourth-order valence-electron chi connectivity index (χ4n) is 4.33. The van der Waals surface area contributed by atoms with Crippen LogP contribution in [-0.4, -0.2) is 66.1 Å². The minimum atomic E-state index is -0.432. The van der Waals surface area contributed by atoms with Crippen LogP contribution in [0.1, 0.15) is 32.1 Å². The third kappa shape index (κ3) is 3.93. The molecule has 146 valence electrons. The lowest BCUT2D eigenvalue weighted by Gasteiger charge is -2.40. The van der Waals surface area contributed by atoms with Gasteiger partial charge in [-0.3, -0.25) is 9.59 Å². The minimum Gasteiger partial charge on any atom is -0.485 e. The Morgan fingerprint density at radius 3 is 2.93 bits per heavy atom. The van der Waals surface area contributed by atoms with Gasteiger partial charge in [0.15, 0.2) is 11.6 Å². The summed E-state index contributed by atoms with van der Waals surface area (Å²) in [7, 11) is 0. The van der Waals surface area contributed by atoms with E-state index in [2.05, 4.69) is 0 Å². The van der Waals surface area contributed by atoms with Crippen LogP contribution in [0, 0.1) is 5.82 Å². The molecule has 3 aliphatic rings. The van der Waals surface area contributed by atoms with Crippen molar-refractivity contribution in [2.75, 3.05) is 32.8 Å².